The molecular formula is C43H48Cl2Zr. The molecule has 3 heteroatoms. The van der Waals surface area contributed by atoms with Crippen LogP contribution >= 0.6 is 0 Å². The summed E-state index contributed by atoms with van der Waals surface area (Å²) in [5.74, 6) is 0. The Kier molecular flexibility index (Phi) is 10.9. The van der Waals surface area contributed by atoms with Gasteiger partial charge in [-0.1, -0.05) is 0 Å². The summed E-state index contributed by atoms with van der Waals surface area (Å²) in [5.41, 5.74) is 17.5. The Morgan fingerprint density at radius 1 is 0.630 bits per heavy atom. The van der Waals surface area contributed by atoms with Crippen LogP contribution in [0.4, 0.5) is 0 Å². The Morgan fingerprint density at radius 2 is 1.09 bits per heavy atom. The summed E-state index contributed by atoms with van der Waals surface area (Å²) in [6, 6.07) is 29.0. The van der Waals surface area contributed by atoms with Gasteiger partial charge in [0.1, 0.15) is 0 Å². The minimum absolute atomic E-state index is 0. The van der Waals surface area contributed by atoms with Gasteiger partial charge in [-0.25, -0.2) is 0 Å². The van der Waals surface area contributed by atoms with Gasteiger partial charge in [0.25, 0.3) is 0 Å². The molecule has 0 saturated heterocycles. The van der Waals surface area contributed by atoms with Crippen LogP contribution in [0.2, 0.25) is 0 Å². The number of rotatable bonds is 4. The van der Waals surface area contributed by atoms with E-state index in [4.69, 9.17) is 0 Å². The molecule has 0 N–H and O–H groups in total. The van der Waals surface area contributed by atoms with Crippen molar-refractivity contribution in [1.82, 2.24) is 0 Å². The van der Waals surface area contributed by atoms with E-state index in [1.807, 2.05) is 0 Å². The fraction of sp³-hybridized carbons (Fsp3) is 0.326. The van der Waals surface area contributed by atoms with Crippen molar-refractivity contribution in [3.05, 3.63) is 150 Å². The fourth-order valence-corrected chi connectivity index (χ4v) is 16.6. The zero-order valence-electron chi connectivity index (χ0n) is 29.2. The van der Waals surface area contributed by atoms with Crippen LogP contribution in [0.5, 0.6) is 0 Å². The first kappa shape index (κ1) is 36.5. The van der Waals surface area contributed by atoms with E-state index in [-0.39, 0.29) is 35.6 Å². The van der Waals surface area contributed by atoms with E-state index in [1.165, 1.54) is 55.6 Å². The first-order valence-corrected chi connectivity index (χ1v) is 20.2. The summed E-state index contributed by atoms with van der Waals surface area (Å²) in [4.78, 5) is 0. The smallest absolute Gasteiger partial charge is 1.00 e. The maximum atomic E-state index is 2.60. The first-order chi connectivity index (χ1) is 20.7. The minimum Gasteiger partial charge on any atom is -1.00 e. The van der Waals surface area contributed by atoms with E-state index in [2.05, 4.69) is 160 Å². The zero-order valence-corrected chi connectivity index (χ0v) is 33.2. The van der Waals surface area contributed by atoms with E-state index in [0.717, 1.165) is 6.42 Å². The second-order valence-electron chi connectivity index (χ2n) is 15.3. The number of hydrogen-bond donors (Lipinski definition) is 0. The fourth-order valence-electron chi connectivity index (χ4n) is 7.72. The SMILES string of the molecule is Cc1cccc([C](c2cccc(C)c2)=[Zr+2]([C]2=CC=CC2)[CH]2c3cc(C)c(C(C)(C)C)cc3-c3cc(C(C)(C)C)c(C)cc32)c1.[Cl-].[Cl-]. The van der Waals surface area contributed by atoms with Crippen LogP contribution in [-0.4, -0.2) is 3.21 Å². The average molecular weight is 727 g/mol. The van der Waals surface area contributed by atoms with Crippen LogP contribution in [-0.2, 0) is 32.1 Å². The number of allylic oxidation sites excluding steroid dienone is 4. The minimum atomic E-state index is -2.72. The number of aryl methyl sites for hydroxylation is 4. The number of benzene rings is 4. The van der Waals surface area contributed by atoms with Gasteiger partial charge in [0.2, 0.25) is 0 Å². The van der Waals surface area contributed by atoms with Gasteiger partial charge in [0.05, 0.1) is 0 Å². The van der Waals surface area contributed by atoms with Crippen molar-refractivity contribution in [1.29, 1.82) is 0 Å². The Morgan fingerprint density at radius 3 is 1.46 bits per heavy atom. The van der Waals surface area contributed by atoms with E-state index in [9.17, 15) is 0 Å². The van der Waals surface area contributed by atoms with Gasteiger partial charge in [-0.05, 0) is 0 Å². The summed E-state index contributed by atoms with van der Waals surface area (Å²) < 4.78 is 3.75. The molecule has 0 unspecified atom stereocenters. The van der Waals surface area contributed by atoms with Crippen molar-refractivity contribution in [3.8, 4) is 11.1 Å². The third-order valence-electron chi connectivity index (χ3n) is 9.61. The predicted molar refractivity (Wildman–Crippen MR) is 188 cm³/mol. The van der Waals surface area contributed by atoms with Gasteiger partial charge in [-0.15, -0.1) is 0 Å². The summed E-state index contributed by atoms with van der Waals surface area (Å²) >= 11 is -2.72. The molecule has 0 atom stereocenters. The molecule has 238 valence electrons. The van der Waals surface area contributed by atoms with Crippen molar-refractivity contribution >= 4 is 3.21 Å². The molecule has 0 fully saturated rings. The van der Waals surface area contributed by atoms with Crippen molar-refractivity contribution in [2.24, 2.45) is 0 Å². The van der Waals surface area contributed by atoms with Crippen molar-refractivity contribution < 1.29 is 46.1 Å². The number of halogens is 2. The second-order valence-corrected chi connectivity index (χ2v) is 21.6. The molecule has 4 aromatic carbocycles. The van der Waals surface area contributed by atoms with Crippen molar-refractivity contribution in [2.45, 2.75) is 90.1 Å². The third-order valence-corrected chi connectivity index (χ3v) is 17.9. The molecule has 0 saturated carbocycles. The number of hydrogen-bond acceptors (Lipinski definition) is 0. The van der Waals surface area contributed by atoms with Gasteiger partial charge in [-0.3, -0.25) is 0 Å². The van der Waals surface area contributed by atoms with Gasteiger partial charge in [0.15, 0.2) is 0 Å². The summed E-state index contributed by atoms with van der Waals surface area (Å²) in [6.07, 6.45) is 8.28. The molecule has 0 aromatic heterocycles. The van der Waals surface area contributed by atoms with Gasteiger partial charge in [-0.2, -0.15) is 0 Å². The van der Waals surface area contributed by atoms with Crippen LogP contribution < -0.4 is 24.8 Å². The van der Waals surface area contributed by atoms with Crippen LogP contribution in [0.1, 0.15) is 107 Å². The van der Waals surface area contributed by atoms with Crippen LogP contribution in [0.25, 0.3) is 11.1 Å². The van der Waals surface area contributed by atoms with Gasteiger partial charge >= 0.3 is 276 Å². The average Bonchev–Trinajstić information content (AvgIpc) is 3.56. The van der Waals surface area contributed by atoms with Gasteiger partial charge < -0.3 is 24.8 Å². The molecule has 0 radical (unpaired) electrons. The normalized spacial score (nSPS) is 13.6. The Labute approximate surface area is 298 Å². The van der Waals surface area contributed by atoms with Crippen LogP contribution in [0, 0.1) is 27.7 Å². The summed E-state index contributed by atoms with van der Waals surface area (Å²) in [6.45, 7) is 23.4. The molecule has 0 bridgehead atoms. The Balaban J connectivity index is 0.00000240. The van der Waals surface area contributed by atoms with E-state index < -0.39 is 21.3 Å². The van der Waals surface area contributed by atoms with Crippen molar-refractivity contribution in [2.75, 3.05) is 0 Å². The topological polar surface area (TPSA) is 0 Å². The zero-order chi connectivity index (χ0) is 31.6. The molecular weight excluding hydrogens is 679 g/mol. The van der Waals surface area contributed by atoms with E-state index >= 15 is 0 Å². The maximum Gasteiger partial charge on any atom is -1.00 e. The van der Waals surface area contributed by atoms with Crippen molar-refractivity contribution in [3.63, 3.8) is 0 Å². The molecule has 4 aromatic rings. The molecule has 2 aliphatic carbocycles. The quantitative estimate of drug-likeness (QED) is 0.267. The predicted octanol–water partition coefficient (Wildman–Crippen LogP) is 5.32. The third kappa shape index (κ3) is 6.81. The monoisotopic (exact) mass is 724 g/mol. The Bertz CT molecular complexity index is 1770. The summed E-state index contributed by atoms with van der Waals surface area (Å²) in [7, 11) is 0. The summed E-state index contributed by atoms with van der Waals surface area (Å²) in [5, 5.41) is 0. The van der Waals surface area contributed by atoms with E-state index in [0.29, 0.717) is 3.63 Å². The van der Waals surface area contributed by atoms with Crippen LogP contribution in [0.15, 0.2) is 94.3 Å². The standard InChI is InChI=1S/C23H29.C15H14.C5H5.2ClH.Zr/c1-14-9-16-11-17-10-15(2)21(23(6,7)8)13-19(17)18(16)12-20(14)22(3,4)5;1-12-5-3-7-14(9-12)11-15-8-4-6-13(2)10-15;1-2-4-5-3-1;;;/h9-13H,1-8H3;3-10H,1-2H3;1-3H,4H2;2*1H;/q;;;;;+2/p-2. The molecule has 0 spiro atoms. The van der Waals surface area contributed by atoms with Crippen LogP contribution in [0.3, 0.4) is 0 Å². The molecule has 46 heavy (non-hydrogen) atoms. The second kappa shape index (κ2) is 13.7. The van der Waals surface area contributed by atoms with Gasteiger partial charge in [0, 0.05) is 0 Å². The Hall–Kier alpha value is -2.31. The molecule has 0 nitrogen and oxygen atoms in total. The largest absolute Gasteiger partial charge is 1.00 e. The molecule has 0 amide bonds. The maximum absolute atomic E-state index is 2.72. The molecule has 0 aliphatic heterocycles. The molecule has 2 aliphatic rings. The molecule has 0 heterocycles. The number of fused-ring (bicyclic) bond motifs is 3. The van der Waals surface area contributed by atoms with E-state index in [1.54, 1.807) is 17.6 Å². The first-order valence-electron chi connectivity index (χ1n) is 16.3. The molecule has 6 rings (SSSR count).